The van der Waals surface area contributed by atoms with Crippen molar-refractivity contribution in [3.8, 4) is 0 Å². The number of hydroxylamine groups is 2. The zero-order valence-corrected chi connectivity index (χ0v) is 5.76. The van der Waals surface area contributed by atoms with Crippen LogP contribution >= 0.6 is 0 Å². The fourth-order valence-electron chi connectivity index (χ4n) is 0.365. The quantitative estimate of drug-likeness (QED) is 0.506. The van der Waals surface area contributed by atoms with E-state index in [1.165, 1.54) is 0 Å². The van der Waals surface area contributed by atoms with Crippen LogP contribution in [0.2, 0.25) is 0 Å². The van der Waals surface area contributed by atoms with Crippen molar-refractivity contribution in [3.05, 3.63) is 0 Å². The van der Waals surface area contributed by atoms with E-state index >= 15 is 0 Å². The molecule has 1 aliphatic rings. The van der Waals surface area contributed by atoms with Crippen molar-refractivity contribution in [1.82, 2.24) is 5.06 Å². The van der Waals surface area contributed by atoms with Crippen LogP contribution in [0.15, 0.2) is 0 Å². The molecule has 0 unspecified atom stereocenters. The smallest absolute Gasteiger partial charge is 0.327 e. The summed E-state index contributed by atoms with van der Waals surface area (Å²) in [4.78, 5) is 15.5. The molecule has 0 spiro atoms. The SMILES string of the molecule is CC(C)C(=O)ON1CC1. The van der Waals surface area contributed by atoms with Crippen molar-refractivity contribution < 1.29 is 9.63 Å². The van der Waals surface area contributed by atoms with Gasteiger partial charge in [0.1, 0.15) is 0 Å². The molecule has 9 heavy (non-hydrogen) atoms. The van der Waals surface area contributed by atoms with E-state index in [0.717, 1.165) is 13.1 Å². The van der Waals surface area contributed by atoms with Gasteiger partial charge in [0.25, 0.3) is 0 Å². The van der Waals surface area contributed by atoms with Crippen molar-refractivity contribution in [3.63, 3.8) is 0 Å². The summed E-state index contributed by atoms with van der Waals surface area (Å²) in [6, 6.07) is 0. The minimum absolute atomic E-state index is 0.00870. The van der Waals surface area contributed by atoms with Gasteiger partial charge < -0.3 is 4.84 Å². The third kappa shape index (κ3) is 2.01. The van der Waals surface area contributed by atoms with E-state index in [0.29, 0.717) is 0 Å². The van der Waals surface area contributed by atoms with Crippen LogP contribution in [0.4, 0.5) is 0 Å². The molecule has 0 amide bonds. The molecule has 0 aromatic carbocycles. The van der Waals surface area contributed by atoms with Crippen LogP contribution in [0.3, 0.4) is 0 Å². The molecule has 0 aliphatic carbocycles. The van der Waals surface area contributed by atoms with Gasteiger partial charge >= 0.3 is 5.97 Å². The Labute approximate surface area is 54.5 Å². The first kappa shape index (κ1) is 6.55. The van der Waals surface area contributed by atoms with Crippen molar-refractivity contribution in [2.24, 2.45) is 5.92 Å². The number of hydrogen-bond donors (Lipinski definition) is 0. The molecule has 0 bridgehead atoms. The van der Waals surface area contributed by atoms with Gasteiger partial charge in [-0.2, -0.15) is 0 Å². The molecule has 3 nitrogen and oxygen atoms in total. The zero-order valence-electron chi connectivity index (χ0n) is 5.76. The molecule has 1 fully saturated rings. The fraction of sp³-hybridized carbons (Fsp3) is 0.833. The first-order valence-corrected chi connectivity index (χ1v) is 3.17. The van der Waals surface area contributed by atoms with E-state index in [1.807, 2.05) is 13.8 Å². The Morgan fingerprint density at radius 1 is 1.56 bits per heavy atom. The van der Waals surface area contributed by atoms with Gasteiger partial charge in [-0.25, -0.2) is 0 Å². The summed E-state index contributed by atoms with van der Waals surface area (Å²) in [6.07, 6.45) is 0. The van der Waals surface area contributed by atoms with Gasteiger partial charge in [-0.1, -0.05) is 13.8 Å². The average Bonchev–Trinajstić information content (AvgIpc) is 2.50. The average molecular weight is 129 g/mol. The molecule has 1 rings (SSSR count). The Morgan fingerprint density at radius 2 is 2.11 bits per heavy atom. The highest BCUT2D eigenvalue weighted by Crippen LogP contribution is 2.07. The van der Waals surface area contributed by atoms with Gasteiger partial charge in [-0.3, -0.25) is 4.79 Å². The minimum atomic E-state index is -0.132. The topological polar surface area (TPSA) is 29.3 Å². The third-order valence-electron chi connectivity index (χ3n) is 1.10. The maximum atomic E-state index is 10.7. The first-order chi connectivity index (χ1) is 4.20. The Balaban J connectivity index is 2.17. The lowest BCUT2D eigenvalue weighted by atomic mass is 10.2. The molecule has 0 N–H and O–H groups in total. The second-order valence-corrected chi connectivity index (χ2v) is 2.49. The summed E-state index contributed by atoms with van der Waals surface area (Å²) < 4.78 is 0. The van der Waals surface area contributed by atoms with Gasteiger partial charge in [0.15, 0.2) is 0 Å². The van der Waals surface area contributed by atoms with Gasteiger partial charge in [-0.05, 0) is 0 Å². The second-order valence-electron chi connectivity index (χ2n) is 2.49. The maximum Gasteiger partial charge on any atom is 0.327 e. The lowest BCUT2D eigenvalue weighted by molar-refractivity contribution is -0.170. The molecule has 3 heteroatoms. The Kier molecular flexibility index (Phi) is 1.71. The van der Waals surface area contributed by atoms with Crippen LogP contribution in [-0.4, -0.2) is 24.1 Å². The summed E-state index contributed by atoms with van der Waals surface area (Å²) in [6.45, 7) is 5.45. The molecule has 0 aromatic rings. The van der Waals surface area contributed by atoms with E-state index in [2.05, 4.69) is 0 Å². The Bertz CT molecular complexity index is 118. The van der Waals surface area contributed by atoms with E-state index in [4.69, 9.17) is 4.84 Å². The molecular formula is C6H11NO2. The lowest BCUT2D eigenvalue weighted by Gasteiger charge is -2.03. The lowest BCUT2D eigenvalue weighted by Crippen LogP contribution is -2.14. The predicted molar refractivity (Wildman–Crippen MR) is 32.5 cm³/mol. The Morgan fingerprint density at radius 3 is 2.44 bits per heavy atom. The van der Waals surface area contributed by atoms with Crippen LogP contribution in [0.1, 0.15) is 13.8 Å². The number of carbonyl (C=O) groups is 1. The maximum absolute atomic E-state index is 10.7. The van der Waals surface area contributed by atoms with E-state index in [9.17, 15) is 4.79 Å². The minimum Gasteiger partial charge on any atom is -0.368 e. The highest BCUT2D eigenvalue weighted by molar-refractivity contribution is 5.71. The number of hydrogen-bond acceptors (Lipinski definition) is 3. The highest BCUT2D eigenvalue weighted by atomic mass is 16.7. The van der Waals surface area contributed by atoms with Crippen LogP contribution in [-0.2, 0) is 9.63 Å². The van der Waals surface area contributed by atoms with Crippen LogP contribution in [0, 0.1) is 5.92 Å². The first-order valence-electron chi connectivity index (χ1n) is 3.17. The van der Waals surface area contributed by atoms with Crippen molar-refractivity contribution >= 4 is 5.97 Å². The summed E-state index contributed by atoms with van der Waals surface area (Å²) in [5.74, 6) is -0.141. The normalized spacial score (nSPS) is 18.1. The van der Waals surface area contributed by atoms with Crippen molar-refractivity contribution in [2.45, 2.75) is 13.8 Å². The highest BCUT2D eigenvalue weighted by Gasteiger charge is 2.23. The van der Waals surface area contributed by atoms with Crippen molar-refractivity contribution in [2.75, 3.05) is 13.1 Å². The molecular weight excluding hydrogens is 118 g/mol. The fourth-order valence-corrected chi connectivity index (χ4v) is 0.365. The third-order valence-corrected chi connectivity index (χ3v) is 1.10. The van der Waals surface area contributed by atoms with Crippen molar-refractivity contribution in [1.29, 1.82) is 0 Å². The summed E-state index contributed by atoms with van der Waals surface area (Å²) in [5.41, 5.74) is 0. The van der Waals surface area contributed by atoms with Crippen LogP contribution in [0.5, 0.6) is 0 Å². The summed E-state index contributed by atoms with van der Waals surface area (Å²) in [7, 11) is 0. The number of rotatable bonds is 2. The van der Waals surface area contributed by atoms with Gasteiger partial charge in [0, 0.05) is 0 Å². The summed E-state index contributed by atoms with van der Waals surface area (Å²) >= 11 is 0. The van der Waals surface area contributed by atoms with Crippen LogP contribution < -0.4 is 0 Å². The largest absolute Gasteiger partial charge is 0.368 e. The van der Waals surface area contributed by atoms with Gasteiger partial charge in [-0.15, -0.1) is 5.06 Å². The molecule has 1 heterocycles. The Hall–Kier alpha value is -0.570. The van der Waals surface area contributed by atoms with Gasteiger partial charge in [0.2, 0.25) is 0 Å². The van der Waals surface area contributed by atoms with E-state index < -0.39 is 0 Å². The molecule has 0 saturated carbocycles. The number of carbonyl (C=O) groups excluding carboxylic acids is 1. The molecule has 0 atom stereocenters. The van der Waals surface area contributed by atoms with E-state index in [-0.39, 0.29) is 11.9 Å². The van der Waals surface area contributed by atoms with Crippen LogP contribution in [0.25, 0.3) is 0 Å². The monoisotopic (exact) mass is 129 g/mol. The number of nitrogens with zero attached hydrogens (tertiary/aromatic N) is 1. The second kappa shape index (κ2) is 2.35. The van der Waals surface area contributed by atoms with Gasteiger partial charge in [0.05, 0.1) is 19.0 Å². The molecule has 1 aliphatic heterocycles. The predicted octanol–water partition coefficient (Wildman–Crippen LogP) is 0.416. The molecule has 0 aromatic heterocycles. The summed E-state index contributed by atoms with van der Waals surface area (Å²) in [5, 5.41) is 1.64. The molecule has 1 saturated heterocycles. The zero-order chi connectivity index (χ0) is 6.85. The van der Waals surface area contributed by atoms with E-state index in [1.54, 1.807) is 5.06 Å². The molecule has 52 valence electrons. The standard InChI is InChI=1S/C6H11NO2/c1-5(2)6(8)9-7-3-4-7/h5H,3-4H2,1-2H3. The molecule has 0 radical (unpaired) electrons.